The van der Waals surface area contributed by atoms with Crippen molar-refractivity contribution in [2.45, 2.75) is 45.6 Å². The zero-order chi connectivity index (χ0) is 24.2. The Morgan fingerprint density at radius 3 is 2.18 bits per heavy atom. The Morgan fingerprint density at radius 1 is 1.00 bits per heavy atom. The number of nitrogens with zero attached hydrogens (tertiary/aromatic N) is 5. The molecule has 7 nitrogen and oxygen atoms in total. The molecule has 2 heterocycles. The van der Waals surface area contributed by atoms with Gasteiger partial charge in [0.1, 0.15) is 23.2 Å². The molecule has 1 amide bonds. The van der Waals surface area contributed by atoms with E-state index >= 15 is 0 Å². The van der Waals surface area contributed by atoms with E-state index in [1.807, 2.05) is 19.9 Å². The van der Waals surface area contributed by atoms with Gasteiger partial charge < -0.3 is 4.74 Å². The number of hydrogen-bond donors (Lipinski definition) is 0. The highest BCUT2D eigenvalue weighted by molar-refractivity contribution is 5.87. The highest BCUT2D eigenvalue weighted by atomic mass is 19.1. The van der Waals surface area contributed by atoms with Crippen molar-refractivity contribution in [3.8, 4) is 17.5 Å². The Hall–Kier alpha value is -3.86. The first-order chi connectivity index (χ1) is 15.5. The molecule has 0 unspecified atom stereocenters. The molecule has 0 aliphatic carbocycles. The van der Waals surface area contributed by atoms with Crippen molar-refractivity contribution in [2.24, 2.45) is 0 Å². The summed E-state index contributed by atoms with van der Waals surface area (Å²) >= 11 is 0. The molecule has 3 aromatic rings. The van der Waals surface area contributed by atoms with Gasteiger partial charge in [0.15, 0.2) is 5.82 Å². The van der Waals surface area contributed by atoms with Crippen LogP contribution >= 0.6 is 0 Å². The first-order valence-electron chi connectivity index (χ1n) is 10.5. The molecule has 0 aliphatic rings. The number of amides is 1. The van der Waals surface area contributed by atoms with E-state index in [9.17, 15) is 9.18 Å². The van der Waals surface area contributed by atoms with Crippen LogP contribution in [0, 0.1) is 17.1 Å². The maximum Gasteiger partial charge on any atom is 0.416 e. The number of hydrogen-bond acceptors (Lipinski definition) is 6. The third-order valence-corrected chi connectivity index (χ3v) is 4.88. The summed E-state index contributed by atoms with van der Waals surface area (Å²) in [7, 11) is 0. The number of carbonyl (C=O) groups is 1. The van der Waals surface area contributed by atoms with Gasteiger partial charge in [-0.1, -0.05) is 26.0 Å². The Kier molecular flexibility index (Phi) is 6.73. The smallest absolute Gasteiger partial charge is 0.416 e. The van der Waals surface area contributed by atoms with E-state index in [-0.39, 0.29) is 12.4 Å². The molecule has 0 saturated carbocycles. The molecular formula is C25H26FN5O2. The summed E-state index contributed by atoms with van der Waals surface area (Å²) in [6.07, 6.45) is 0.902. The molecule has 0 saturated heterocycles. The summed E-state index contributed by atoms with van der Waals surface area (Å²) in [5, 5.41) is 17.4. The SMILES string of the molecule is CC(C)(C)OC(=O)N(CC(C)(C)c1ccc(F)cc1)c1ccc(-c2ccc(C#N)cn2)nn1. The van der Waals surface area contributed by atoms with Crippen molar-refractivity contribution >= 4 is 11.9 Å². The quantitative estimate of drug-likeness (QED) is 0.529. The minimum Gasteiger partial charge on any atom is -0.443 e. The third kappa shape index (κ3) is 6.10. The fourth-order valence-electron chi connectivity index (χ4n) is 3.16. The van der Waals surface area contributed by atoms with Crippen molar-refractivity contribution in [1.29, 1.82) is 5.26 Å². The fraction of sp³-hybridized carbons (Fsp3) is 0.320. The lowest BCUT2D eigenvalue weighted by molar-refractivity contribution is 0.0572. The molecule has 0 aliphatic heterocycles. The van der Waals surface area contributed by atoms with Gasteiger partial charge in [-0.25, -0.2) is 9.18 Å². The van der Waals surface area contributed by atoms with Crippen molar-refractivity contribution in [3.63, 3.8) is 0 Å². The maximum absolute atomic E-state index is 13.4. The standard InChI is InChI=1S/C25H26FN5O2/c1-24(2,3)33-23(32)31(16-25(4,5)18-7-9-19(26)10-8-18)22-13-12-21(29-30-22)20-11-6-17(14-27)15-28-20/h6-13,15H,16H2,1-5H3. The maximum atomic E-state index is 13.4. The second kappa shape index (κ2) is 9.33. The third-order valence-electron chi connectivity index (χ3n) is 4.88. The van der Waals surface area contributed by atoms with Crippen LogP contribution in [0.15, 0.2) is 54.7 Å². The molecule has 0 spiro atoms. The van der Waals surface area contributed by atoms with E-state index < -0.39 is 17.1 Å². The monoisotopic (exact) mass is 447 g/mol. The lowest BCUT2D eigenvalue weighted by atomic mass is 9.84. The first-order valence-corrected chi connectivity index (χ1v) is 10.5. The van der Waals surface area contributed by atoms with Crippen molar-refractivity contribution in [1.82, 2.24) is 15.2 Å². The van der Waals surface area contributed by atoms with Gasteiger partial charge in [-0.05, 0) is 62.7 Å². The summed E-state index contributed by atoms with van der Waals surface area (Å²) in [5.74, 6) is -0.00625. The number of ether oxygens (including phenoxy) is 1. The van der Waals surface area contributed by atoms with E-state index in [0.29, 0.717) is 22.8 Å². The minimum atomic E-state index is -0.699. The number of halogens is 1. The highest BCUT2D eigenvalue weighted by Crippen LogP contribution is 2.28. The fourth-order valence-corrected chi connectivity index (χ4v) is 3.16. The Bertz CT molecular complexity index is 1150. The predicted molar refractivity (Wildman–Crippen MR) is 123 cm³/mol. The predicted octanol–water partition coefficient (Wildman–Crippen LogP) is 5.27. The van der Waals surface area contributed by atoms with Crippen molar-refractivity contribution in [2.75, 3.05) is 11.4 Å². The van der Waals surface area contributed by atoms with Crippen molar-refractivity contribution < 1.29 is 13.9 Å². The van der Waals surface area contributed by atoms with Crippen LogP contribution in [0.2, 0.25) is 0 Å². The lowest BCUT2D eigenvalue weighted by Gasteiger charge is -2.33. The molecule has 0 N–H and O–H groups in total. The van der Waals surface area contributed by atoms with E-state index in [1.54, 1.807) is 57.2 Å². The minimum absolute atomic E-state index is 0.233. The average Bonchev–Trinajstić information content (AvgIpc) is 2.77. The summed E-state index contributed by atoms with van der Waals surface area (Å²) in [6.45, 7) is 9.52. The van der Waals surface area contributed by atoms with Crippen LogP contribution < -0.4 is 4.90 Å². The Balaban J connectivity index is 1.92. The summed E-state index contributed by atoms with van der Waals surface area (Å²) in [5.41, 5.74) is 1.15. The van der Waals surface area contributed by atoms with Gasteiger partial charge >= 0.3 is 6.09 Å². The van der Waals surface area contributed by atoms with Crippen LogP contribution in [0.25, 0.3) is 11.4 Å². The molecule has 0 fully saturated rings. The highest BCUT2D eigenvalue weighted by Gasteiger charge is 2.31. The van der Waals surface area contributed by atoms with Gasteiger partial charge in [0.25, 0.3) is 0 Å². The topological polar surface area (TPSA) is 92.0 Å². The first kappa shape index (κ1) is 23.8. The van der Waals surface area contributed by atoms with E-state index in [4.69, 9.17) is 10.00 Å². The molecular weight excluding hydrogens is 421 g/mol. The molecule has 1 aromatic carbocycles. The van der Waals surface area contributed by atoms with Crippen molar-refractivity contribution in [3.05, 3.63) is 71.7 Å². The Morgan fingerprint density at radius 2 is 1.67 bits per heavy atom. The van der Waals surface area contributed by atoms with Gasteiger partial charge in [0.05, 0.1) is 11.3 Å². The molecule has 0 atom stereocenters. The molecule has 33 heavy (non-hydrogen) atoms. The zero-order valence-electron chi connectivity index (χ0n) is 19.3. The molecule has 8 heteroatoms. The molecule has 3 rings (SSSR count). The molecule has 170 valence electrons. The number of aromatic nitrogens is 3. The summed E-state index contributed by atoms with van der Waals surface area (Å²) < 4.78 is 19.0. The van der Waals surface area contributed by atoms with Crippen LogP contribution in [-0.4, -0.2) is 33.4 Å². The number of rotatable bonds is 5. The number of pyridine rings is 1. The number of benzene rings is 1. The molecule has 0 bridgehead atoms. The summed E-state index contributed by atoms with van der Waals surface area (Å²) in [4.78, 5) is 18.7. The van der Waals surface area contributed by atoms with Gasteiger partial charge in [-0.3, -0.25) is 9.88 Å². The Labute approximate surface area is 192 Å². The number of anilines is 1. The van der Waals surface area contributed by atoms with E-state index in [2.05, 4.69) is 15.2 Å². The van der Waals surface area contributed by atoms with Gasteiger partial charge in [-0.15, -0.1) is 10.2 Å². The second-order valence-electron chi connectivity index (χ2n) is 9.28. The summed E-state index contributed by atoms with van der Waals surface area (Å²) in [6, 6.07) is 14.9. The van der Waals surface area contributed by atoms with Crippen LogP contribution in [-0.2, 0) is 10.2 Å². The zero-order valence-corrected chi connectivity index (χ0v) is 19.3. The number of nitriles is 1. The van der Waals surface area contributed by atoms with E-state index in [1.165, 1.54) is 23.2 Å². The van der Waals surface area contributed by atoms with Crippen LogP contribution in [0.3, 0.4) is 0 Å². The van der Waals surface area contributed by atoms with Gasteiger partial charge in [0.2, 0.25) is 0 Å². The van der Waals surface area contributed by atoms with Crippen LogP contribution in [0.4, 0.5) is 15.0 Å². The van der Waals surface area contributed by atoms with Gasteiger partial charge in [-0.2, -0.15) is 5.26 Å². The van der Waals surface area contributed by atoms with Crippen LogP contribution in [0.5, 0.6) is 0 Å². The second-order valence-corrected chi connectivity index (χ2v) is 9.28. The van der Waals surface area contributed by atoms with Gasteiger partial charge in [0, 0.05) is 18.2 Å². The largest absolute Gasteiger partial charge is 0.443 e. The number of carbonyl (C=O) groups excluding carboxylic acids is 1. The molecule has 2 aromatic heterocycles. The normalized spacial score (nSPS) is 11.5. The lowest BCUT2D eigenvalue weighted by Crippen LogP contribution is -2.44. The average molecular weight is 448 g/mol. The molecule has 0 radical (unpaired) electrons. The van der Waals surface area contributed by atoms with Crippen LogP contribution in [0.1, 0.15) is 45.7 Å². The van der Waals surface area contributed by atoms with E-state index in [0.717, 1.165) is 5.56 Å².